The molecule has 0 aliphatic heterocycles. The first-order valence-electron chi connectivity index (χ1n) is 5.44. The molecule has 19 heavy (non-hydrogen) atoms. The van der Waals surface area contributed by atoms with Crippen LogP contribution in [0.25, 0.3) is 5.70 Å². The number of rotatable bonds is 4. The van der Waals surface area contributed by atoms with E-state index in [0.717, 1.165) is 11.8 Å². The molecule has 1 rings (SSSR count). The standard InChI is InChI=1S/C12H16ClN3O2S/c1-8(13)12(15-9(2)14)10-4-6-11(7-5-10)16-19(3,17)18/h4-7,16H,1-3H3,(H2,14,15)/b12-8+. The first-order chi connectivity index (χ1) is 8.69. The number of halogens is 1. The largest absolute Gasteiger partial charge is 0.387 e. The lowest BCUT2D eigenvalue weighted by molar-refractivity contribution is 0.607. The van der Waals surface area contributed by atoms with Gasteiger partial charge in [-0.2, -0.15) is 0 Å². The topological polar surface area (TPSA) is 84.5 Å². The Morgan fingerprint density at radius 2 is 1.79 bits per heavy atom. The minimum atomic E-state index is -3.28. The van der Waals surface area contributed by atoms with Gasteiger partial charge >= 0.3 is 0 Å². The van der Waals surface area contributed by atoms with Crippen molar-refractivity contribution in [2.24, 2.45) is 10.7 Å². The van der Waals surface area contributed by atoms with Gasteiger partial charge in [-0.1, -0.05) is 23.7 Å². The molecule has 0 unspecified atom stereocenters. The third-order valence-corrected chi connectivity index (χ3v) is 2.86. The van der Waals surface area contributed by atoms with E-state index < -0.39 is 10.0 Å². The molecule has 0 heterocycles. The number of nitrogens with one attached hydrogen (secondary N) is 1. The van der Waals surface area contributed by atoms with Gasteiger partial charge in [-0.05, 0) is 26.0 Å². The minimum absolute atomic E-state index is 0.397. The molecule has 0 aliphatic rings. The van der Waals surface area contributed by atoms with Crippen molar-refractivity contribution in [1.82, 2.24) is 0 Å². The number of hydrogen-bond donors (Lipinski definition) is 2. The summed E-state index contributed by atoms with van der Waals surface area (Å²) >= 11 is 5.97. The SMILES string of the molecule is C/C(N)=N\C(=C(/C)Cl)c1ccc(NS(C)(=O)=O)cc1. The van der Waals surface area contributed by atoms with Gasteiger partial charge in [0.15, 0.2) is 0 Å². The summed E-state index contributed by atoms with van der Waals surface area (Å²) in [4.78, 5) is 4.15. The summed E-state index contributed by atoms with van der Waals surface area (Å²) in [5.74, 6) is 0.397. The summed E-state index contributed by atoms with van der Waals surface area (Å²) in [5, 5.41) is 0.508. The predicted molar refractivity (Wildman–Crippen MR) is 80.7 cm³/mol. The lowest BCUT2D eigenvalue weighted by Crippen LogP contribution is -2.09. The second-order valence-electron chi connectivity index (χ2n) is 4.09. The van der Waals surface area contributed by atoms with Crippen LogP contribution in [0.3, 0.4) is 0 Å². The monoisotopic (exact) mass is 301 g/mol. The Labute approximate surface area is 118 Å². The van der Waals surface area contributed by atoms with Crippen molar-refractivity contribution in [3.8, 4) is 0 Å². The zero-order valence-corrected chi connectivity index (χ0v) is 12.5. The zero-order chi connectivity index (χ0) is 14.6. The van der Waals surface area contributed by atoms with E-state index >= 15 is 0 Å². The van der Waals surface area contributed by atoms with Gasteiger partial charge in [0.05, 0.1) is 17.8 Å². The Balaban J connectivity index is 3.11. The highest BCUT2D eigenvalue weighted by molar-refractivity contribution is 7.92. The highest BCUT2D eigenvalue weighted by Crippen LogP contribution is 2.24. The van der Waals surface area contributed by atoms with Gasteiger partial charge in [-0.3, -0.25) is 4.72 Å². The van der Waals surface area contributed by atoms with Crippen molar-refractivity contribution in [2.45, 2.75) is 13.8 Å². The van der Waals surface area contributed by atoms with Crippen LogP contribution in [-0.4, -0.2) is 20.5 Å². The molecule has 0 saturated heterocycles. The van der Waals surface area contributed by atoms with Crippen LogP contribution in [0.2, 0.25) is 0 Å². The minimum Gasteiger partial charge on any atom is -0.387 e. The number of allylic oxidation sites excluding steroid dienone is 1. The van der Waals surface area contributed by atoms with Crippen LogP contribution < -0.4 is 10.5 Å². The van der Waals surface area contributed by atoms with Crippen LogP contribution in [0.1, 0.15) is 19.4 Å². The molecule has 1 aromatic rings. The molecule has 0 aliphatic carbocycles. The van der Waals surface area contributed by atoms with Crippen LogP contribution in [-0.2, 0) is 10.0 Å². The number of nitrogens with zero attached hydrogens (tertiary/aromatic N) is 1. The molecule has 0 spiro atoms. The number of sulfonamides is 1. The maximum Gasteiger partial charge on any atom is 0.229 e. The van der Waals surface area contributed by atoms with Gasteiger partial charge in [0.1, 0.15) is 0 Å². The number of hydrogen-bond acceptors (Lipinski definition) is 3. The fourth-order valence-corrected chi connectivity index (χ4v) is 2.14. The van der Waals surface area contributed by atoms with Crippen molar-refractivity contribution in [1.29, 1.82) is 0 Å². The average Bonchev–Trinajstić information content (AvgIpc) is 2.24. The van der Waals surface area contributed by atoms with Crippen molar-refractivity contribution in [2.75, 3.05) is 11.0 Å². The van der Waals surface area contributed by atoms with E-state index in [1.807, 2.05) is 0 Å². The first-order valence-corrected chi connectivity index (χ1v) is 7.71. The van der Waals surface area contributed by atoms with E-state index in [0.29, 0.717) is 22.3 Å². The molecule has 5 nitrogen and oxygen atoms in total. The van der Waals surface area contributed by atoms with E-state index in [9.17, 15) is 8.42 Å². The third kappa shape index (κ3) is 5.32. The fourth-order valence-electron chi connectivity index (χ4n) is 1.43. The second kappa shape index (κ2) is 6.08. The quantitative estimate of drug-likeness (QED) is 0.661. The number of nitrogens with two attached hydrogens (primary N) is 1. The summed E-state index contributed by atoms with van der Waals surface area (Å²) in [6, 6.07) is 6.72. The maximum atomic E-state index is 11.1. The van der Waals surface area contributed by atoms with Gasteiger partial charge in [0.2, 0.25) is 10.0 Å². The molecule has 0 saturated carbocycles. The molecule has 0 atom stereocenters. The van der Waals surface area contributed by atoms with Crippen LogP contribution >= 0.6 is 11.6 Å². The molecular weight excluding hydrogens is 286 g/mol. The molecule has 0 amide bonds. The third-order valence-electron chi connectivity index (χ3n) is 2.08. The lowest BCUT2D eigenvalue weighted by atomic mass is 10.1. The van der Waals surface area contributed by atoms with Gasteiger partial charge < -0.3 is 5.73 Å². The molecular formula is C12H16ClN3O2S. The Bertz CT molecular complexity index is 611. The van der Waals surface area contributed by atoms with E-state index in [1.165, 1.54) is 0 Å². The first kappa shape index (κ1) is 15.5. The molecule has 0 fully saturated rings. The van der Waals surface area contributed by atoms with Crippen molar-refractivity contribution < 1.29 is 8.42 Å². The van der Waals surface area contributed by atoms with E-state index in [-0.39, 0.29) is 0 Å². The number of amidine groups is 1. The predicted octanol–water partition coefficient (Wildman–Crippen LogP) is 2.36. The Kier molecular flexibility index (Phi) is 4.97. The van der Waals surface area contributed by atoms with Gasteiger partial charge in [-0.25, -0.2) is 13.4 Å². The fraction of sp³-hybridized carbons (Fsp3) is 0.250. The van der Waals surface area contributed by atoms with Crippen molar-refractivity contribution >= 4 is 38.8 Å². The number of aliphatic imine (C=N–C) groups is 1. The molecule has 3 N–H and O–H groups in total. The van der Waals surface area contributed by atoms with Crippen LogP contribution in [0.5, 0.6) is 0 Å². The summed E-state index contributed by atoms with van der Waals surface area (Å²) in [6.45, 7) is 3.38. The average molecular weight is 302 g/mol. The lowest BCUT2D eigenvalue weighted by Gasteiger charge is -2.07. The van der Waals surface area contributed by atoms with Crippen LogP contribution in [0, 0.1) is 0 Å². The summed E-state index contributed by atoms with van der Waals surface area (Å²) in [5.41, 5.74) is 7.35. The highest BCUT2D eigenvalue weighted by atomic mass is 35.5. The molecule has 0 radical (unpaired) electrons. The zero-order valence-electron chi connectivity index (χ0n) is 10.9. The smallest absolute Gasteiger partial charge is 0.229 e. The Morgan fingerprint density at radius 3 is 2.16 bits per heavy atom. The van der Waals surface area contributed by atoms with Crippen molar-refractivity contribution in [3.05, 3.63) is 34.9 Å². The molecule has 0 aromatic heterocycles. The van der Waals surface area contributed by atoms with E-state index in [2.05, 4.69) is 9.71 Å². The van der Waals surface area contributed by atoms with E-state index in [1.54, 1.807) is 38.1 Å². The number of benzene rings is 1. The molecule has 1 aromatic carbocycles. The Morgan fingerprint density at radius 1 is 1.26 bits per heavy atom. The summed E-state index contributed by atoms with van der Waals surface area (Å²) in [6.07, 6.45) is 1.09. The summed E-state index contributed by atoms with van der Waals surface area (Å²) in [7, 11) is -3.28. The van der Waals surface area contributed by atoms with E-state index in [4.69, 9.17) is 17.3 Å². The maximum absolute atomic E-state index is 11.1. The van der Waals surface area contributed by atoms with Gasteiger partial charge in [0, 0.05) is 16.3 Å². The number of anilines is 1. The Hall–Kier alpha value is -1.53. The van der Waals surface area contributed by atoms with Crippen LogP contribution in [0.15, 0.2) is 34.3 Å². The van der Waals surface area contributed by atoms with Crippen LogP contribution in [0.4, 0.5) is 5.69 Å². The van der Waals surface area contributed by atoms with Gasteiger partial charge in [0.25, 0.3) is 0 Å². The highest BCUT2D eigenvalue weighted by Gasteiger charge is 2.06. The molecule has 0 bridgehead atoms. The second-order valence-corrected chi connectivity index (χ2v) is 6.40. The molecule has 104 valence electrons. The van der Waals surface area contributed by atoms with Crippen molar-refractivity contribution in [3.63, 3.8) is 0 Å². The normalized spacial score (nSPS) is 14.0. The summed E-state index contributed by atoms with van der Waals surface area (Å²) < 4.78 is 24.6. The molecule has 7 heteroatoms. The van der Waals surface area contributed by atoms with Gasteiger partial charge in [-0.15, -0.1) is 0 Å².